The minimum atomic E-state index is -4.55. The molecule has 0 aliphatic rings. The minimum absolute atomic E-state index is 0.0540. The molecule has 4 nitrogen and oxygen atoms in total. The number of fused-ring (bicyclic) bond motifs is 1. The number of hydrogen-bond acceptors (Lipinski definition) is 4. The van der Waals surface area contributed by atoms with Gasteiger partial charge < -0.3 is 4.74 Å². The number of alkyl halides is 3. The average Bonchev–Trinajstić information content (AvgIpc) is 2.82. The van der Waals surface area contributed by atoms with Gasteiger partial charge in [-0.2, -0.15) is 13.2 Å². The van der Waals surface area contributed by atoms with Crippen LogP contribution in [0.4, 0.5) is 17.6 Å². The number of hydrogen-bond donors (Lipinski definition) is 0. The van der Waals surface area contributed by atoms with E-state index in [1.165, 1.54) is 13.0 Å². The van der Waals surface area contributed by atoms with Crippen molar-refractivity contribution in [2.24, 2.45) is 5.41 Å². The molecule has 2 aromatic carbocycles. The quantitative estimate of drug-likeness (QED) is 0.221. The summed E-state index contributed by atoms with van der Waals surface area (Å²) in [4.78, 5) is 28.5. The Balaban J connectivity index is 1.86. The molecule has 186 valence electrons. The molecule has 0 saturated heterocycles. The normalized spacial score (nSPS) is 13.5. The lowest BCUT2D eigenvalue weighted by molar-refractivity contribution is -0.141. The van der Waals surface area contributed by atoms with Crippen molar-refractivity contribution in [1.82, 2.24) is 4.98 Å². The van der Waals surface area contributed by atoms with Crippen LogP contribution in [0.25, 0.3) is 10.8 Å². The maximum Gasteiger partial charge on any atom is 0.433 e. The van der Waals surface area contributed by atoms with Gasteiger partial charge in [0.1, 0.15) is 29.7 Å². The Morgan fingerprint density at radius 3 is 2.31 bits per heavy atom. The first-order valence-corrected chi connectivity index (χ1v) is 11.4. The second kappa shape index (κ2) is 10.5. The van der Waals surface area contributed by atoms with Crippen molar-refractivity contribution in [2.75, 3.05) is 0 Å². The highest BCUT2D eigenvalue weighted by Gasteiger charge is 2.32. The molecule has 0 N–H and O–H groups in total. The van der Waals surface area contributed by atoms with E-state index < -0.39 is 23.1 Å². The molecule has 3 rings (SSSR count). The van der Waals surface area contributed by atoms with Crippen LogP contribution in [0.3, 0.4) is 0 Å². The number of ether oxygens (including phenoxy) is 1. The second-order valence-corrected chi connectivity index (χ2v) is 8.87. The molecule has 35 heavy (non-hydrogen) atoms. The van der Waals surface area contributed by atoms with Crippen LogP contribution >= 0.6 is 0 Å². The number of aromatic nitrogens is 1. The Kier molecular flexibility index (Phi) is 7.93. The third kappa shape index (κ3) is 6.05. The van der Waals surface area contributed by atoms with Crippen LogP contribution in [0.15, 0.2) is 48.7 Å². The highest BCUT2D eigenvalue weighted by molar-refractivity contribution is 6.05. The van der Waals surface area contributed by atoms with Gasteiger partial charge in [0.25, 0.3) is 0 Å². The molecular formula is C27H27F4NO3. The van der Waals surface area contributed by atoms with Crippen LogP contribution < -0.4 is 4.74 Å². The number of halogens is 4. The first-order chi connectivity index (χ1) is 16.5. The molecular weight excluding hydrogens is 462 g/mol. The number of rotatable bonds is 10. The Labute approximate surface area is 201 Å². The molecule has 0 aliphatic carbocycles. The lowest BCUT2D eigenvalue weighted by Crippen LogP contribution is -2.24. The van der Waals surface area contributed by atoms with E-state index in [0.717, 1.165) is 18.3 Å². The van der Waals surface area contributed by atoms with Crippen molar-refractivity contribution in [3.63, 3.8) is 0 Å². The summed E-state index contributed by atoms with van der Waals surface area (Å²) in [6, 6.07) is 9.76. The molecule has 3 aromatic rings. The number of nitrogens with zero attached hydrogens (tertiary/aromatic N) is 1. The Bertz CT molecular complexity index is 1220. The van der Waals surface area contributed by atoms with E-state index in [1.54, 1.807) is 24.3 Å². The monoisotopic (exact) mass is 489 g/mol. The standard InChI is InChI=1S/C27H27F4NO3/c1-4-26(3,17(2)33)13-7-10-23(34)21-14-22(28)19-8-5-6-9-20(19)25(21)35-16-18-11-12-24(32-15-18)27(29,30)31/h5-6,8-9,11-12,14-15H,4,7,10,13,16H2,1-3H3. The third-order valence-electron chi connectivity index (χ3n) is 6.51. The van der Waals surface area contributed by atoms with Crippen molar-refractivity contribution in [3.05, 3.63) is 71.3 Å². The van der Waals surface area contributed by atoms with Gasteiger partial charge >= 0.3 is 6.18 Å². The highest BCUT2D eigenvalue weighted by atomic mass is 19.4. The fraction of sp³-hybridized carbons (Fsp3) is 0.370. The first-order valence-electron chi connectivity index (χ1n) is 11.4. The van der Waals surface area contributed by atoms with Crippen molar-refractivity contribution >= 4 is 22.3 Å². The summed E-state index contributed by atoms with van der Waals surface area (Å²) in [7, 11) is 0. The summed E-state index contributed by atoms with van der Waals surface area (Å²) in [5.41, 5.74) is -1.12. The third-order valence-corrected chi connectivity index (χ3v) is 6.51. The summed E-state index contributed by atoms with van der Waals surface area (Å²) in [6.45, 7) is 5.16. The van der Waals surface area contributed by atoms with Crippen molar-refractivity contribution in [2.45, 2.75) is 59.2 Å². The zero-order valence-corrected chi connectivity index (χ0v) is 19.8. The molecule has 8 heteroatoms. The van der Waals surface area contributed by atoms with Gasteiger partial charge in [0.2, 0.25) is 0 Å². The number of pyridine rings is 1. The molecule has 1 atom stereocenters. The van der Waals surface area contributed by atoms with E-state index in [9.17, 15) is 27.2 Å². The van der Waals surface area contributed by atoms with Crippen molar-refractivity contribution < 1.29 is 31.9 Å². The van der Waals surface area contributed by atoms with Crippen LogP contribution in [0.1, 0.15) is 68.1 Å². The molecule has 0 radical (unpaired) electrons. The number of benzene rings is 2. The van der Waals surface area contributed by atoms with E-state index in [2.05, 4.69) is 4.98 Å². The molecule has 1 heterocycles. The predicted octanol–water partition coefficient (Wildman–Crippen LogP) is 7.33. The average molecular weight is 490 g/mol. The van der Waals surface area contributed by atoms with Gasteiger partial charge in [-0.25, -0.2) is 4.39 Å². The summed E-state index contributed by atoms with van der Waals surface area (Å²) in [6.07, 6.45) is -1.78. The van der Waals surface area contributed by atoms with Crippen molar-refractivity contribution in [3.8, 4) is 5.75 Å². The minimum Gasteiger partial charge on any atom is -0.487 e. The van der Waals surface area contributed by atoms with Crippen molar-refractivity contribution in [1.29, 1.82) is 0 Å². The van der Waals surface area contributed by atoms with Crippen LogP contribution in [-0.2, 0) is 17.6 Å². The van der Waals surface area contributed by atoms with Crippen LogP contribution in [0, 0.1) is 11.2 Å². The van der Waals surface area contributed by atoms with Gasteiger partial charge in [0.05, 0.1) is 5.56 Å². The number of carbonyl (C=O) groups is 2. The Morgan fingerprint density at radius 1 is 1.06 bits per heavy atom. The lowest BCUT2D eigenvalue weighted by Gasteiger charge is -2.24. The number of carbonyl (C=O) groups excluding carboxylic acids is 2. The fourth-order valence-corrected chi connectivity index (χ4v) is 3.88. The fourth-order valence-electron chi connectivity index (χ4n) is 3.88. The summed E-state index contributed by atoms with van der Waals surface area (Å²) >= 11 is 0. The zero-order valence-electron chi connectivity index (χ0n) is 19.8. The largest absolute Gasteiger partial charge is 0.487 e. The van der Waals surface area contributed by atoms with E-state index >= 15 is 0 Å². The van der Waals surface area contributed by atoms with Gasteiger partial charge in [0, 0.05) is 34.4 Å². The molecule has 1 aromatic heterocycles. The van der Waals surface area contributed by atoms with E-state index in [0.29, 0.717) is 30.2 Å². The number of ketones is 2. The van der Waals surface area contributed by atoms with E-state index in [1.807, 2.05) is 13.8 Å². The SMILES string of the molecule is CCC(C)(CCCC(=O)c1cc(F)c2ccccc2c1OCc1ccc(C(F)(F)F)nc1)C(C)=O. The van der Waals surface area contributed by atoms with Crippen LogP contribution in [-0.4, -0.2) is 16.6 Å². The van der Waals surface area contributed by atoms with E-state index in [-0.39, 0.29) is 41.3 Å². The molecule has 0 amide bonds. The predicted molar refractivity (Wildman–Crippen MR) is 125 cm³/mol. The van der Waals surface area contributed by atoms with E-state index in [4.69, 9.17) is 4.74 Å². The molecule has 0 aliphatic heterocycles. The summed E-state index contributed by atoms with van der Waals surface area (Å²) in [5.74, 6) is -0.693. The summed E-state index contributed by atoms with van der Waals surface area (Å²) in [5, 5.41) is 0.651. The Hall–Kier alpha value is -3.29. The van der Waals surface area contributed by atoms with Gasteiger partial charge in [-0.05, 0) is 38.3 Å². The smallest absolute Gasteiger partial charge is 0.433 e. The topological polar surface area (TPSA) is 56.3 Å². The summed E-state index contributed by atoms with van der Waals surface area (Å²) < 4.78 is 59.0. The van der Waals surface area contributed by atoms with Crippen LogP contribution in [0.5, 0.6) is 5.75 Å². The zero-order chi connectivity index (χ0) is 25.8. The maximum atomic E-state index is 14.8. The van der Waals surface area contributed by atoms with Gasteiger partial charge in [0.15, 0.2) is 5.78 Å². The maximum absolute atomic E-state index is 14.8. The Morgan fingerprint density at radius 2 is 1.74 bits per heavy atom. The molecule has 0 saturated carbocycles. The van der Waals surface area contributed by atoms with Gasteiger partial charge in [-0.15, -0.1) is 0 Å². The molecule has 0 fully saturated rings. The second-order valence-electron chi connectivity index (χ2n) is 8.87. The van der Waals surface area contributed by atoms with Crippen LogP contribution in [0.2, 0.25) is 0 Å². The lowest BCUT2D eigenvalue weighted by atomic mass is 9.78. The molecule has 0 bridgehead atoms. The first kappa shape index (κ1) is 26.3. The highest BCUT2D eigenvalue weighted by Crippen LogP contribution is 2.35. The van der Waals surface area contributed by atoms with Gasteiger partial charge in [-0.1, -0.05) is 44.2 Å². The molecule has 0 spiro atoms. The van der Waals surface area contributed by atoms with Gasteiger partial charge in [-0.3, -0.25) is 14.6 Å². The number of Topliss-reactive ketones (excluding diaryl/α,β-unsaturated/α-hetero) is 2. The molecule has 1 unspecified atom stereocenters.